The van der Waals surface area contributed by atoms with Crippen LogP contribution in [0, 0.1) is 5.41 Å². The highest BCUT2D eigenvalue weighted by molar-refractivity contribution is 5.82. The molecule has 0 spiro atoms. The van der Waals surface area contributed by atoms with Crippen molar-refractivity contribution in [2.45, 2.75) is 39.8 Å². The molecule has 1 aromatic rings. The first kappa shape index (κ1) is 17.3. The monoisotopic (exact) mass is 294 g/mol. The normalized spacial score (nSPS) is 14.2. The maximum absolute atomic E-state index is 12.2. The van der Waals surface area contributed by atoms with Gasteiger partial charge in [0.2, 0.25) is 5.91 Å². The fourth-order valence-electron chi connectivity index (χ4n) is 1.95. The van der Waals surface area contributed by atoms with Gasteiger partial charge in [0.25, 0.3) is 0 Å². The van der Waals surface area contributed by atoms with Gasteiger partial charge in [-0.1, -0.05) is 20.8 Å². The van der Waals surface area contributed by atoms with Gasteiger partial charge in [0, 0.05) is 5.56 Å². The fourth-order valence-corrected chi connectivity index (χ4v) is 1.95. The number of hydrogen-bond donors (Lipinski definition) is 2. The molecule has 2 atom stereocenters. The Morgan fingerprint density at radius 1 is 1.24 bits per heavy atom. The highest BCUT2D eigenvalue weighted by Gasteiger charge is 2.28. The summed E-state index contributed by atoms with van der Waals surface area (Å²) in [7, 11) is 3.20. The predicted molar refractivity (Wildman–Crippen MR) is 83.5 cm³/mol. The lowest BCUT2D eigenvalue weighted by Crippen LogP contribution is -2.49. The first-order valence-corrected chi connectivity index (χ1v) is 6.98. The van der Waals surface area contributed by atoms with Gasteiger partial charge < -0.3 is 20.5 Å². The zero-order valence-corrected chi connectivity index (χ0v) is 13.7. The van der Waals surface area contributed by atoms with Crippen molar-refractivity contribution >= 4 is 5.91 Å². The van der Waals surface area contributed by atoms with Gasteiger partial charge in [-0.25, -0.2) is 0 Å². The number of hydrogen-bond acceptors (Lipinski definition) is 4. The summed E-state index contributed by atoms with van der Waals surface area (Å²) in [6, 6.07) is 4.69. The quantitative estimate of drug-likeness (QED) is 0.873. The summed E-state index contributed by atoms with van der Waals surface area (Å²) < 4.78 is 10.6. The maximum Gasteiger partial charge on any atom is 0.237 e. The van der Waals surface area contributed by atoms with Crippen LogP contribution in [0.3, 0.4) is 0 Å². The minimum absolute atomic E-state index is 0.181. The topological polar surface area (TPSA) is 73.6 Å². The third kappa shape index (κ3) is 4.36. The number of nitrogens with one attached hydrogen (secondary N) is 1. The summed E-state index contributed by atoms with van der Waals surface area (Å²) in [5.74, 6) is 1.24. The molecule has 5 nitrogen and oxygen atoms in total. The van der Waals surface area contributed by atoms with Gasteiger partial charge in [-0.2, -0.15) is 0 Å². The molecule has 0 saturated heterocycles. The molecule has 0 aliphatic rings. The third-order valence-electron chi connectivity index (χ3n) is 3.48. The van der Waals surface area contributed by atoms with Crippen molar-refractivity contribution in [2.75, 3.05) is 14.2 Å². The van der Waals surface area contributed by atoms with Crippen LogP contribution in [0.15, 0.2) is 18.2 Å². The van der Waals surface area contributed by atoms with Crippen LogP contribution in [0.25, 0.3) is 0 Å². The molecule has 1 rings (SSSR count). The lowest BCUT2D eigenvalue weighted by molar-refractivity contribution is -0.125. The Kier molecular flexibility index (Phi) is 5.61. The lowest BCUT2D eigenvalue weighted by atomic mass is 9.86. The van der Waals surface area contributed by atoms with E-state index in [-0.39, 0.29) is 17.4 Å². The van der Waals surface area contributed by atoms with Crippen LogP contribution in [0.1, 0.15) is 39.3 Å². The predicted octanol–water partition coefficient (Wildman–Crippen LogP) is 2.25. The van der Waals surface area contributed by atoms with E-state index in [0.717, 1.165) is 5.56 Å². The molecule has 0 aliphatic heterocycles. The SMILES string of the molecule is COc1ccc(OC)c(C(C)NC(=O)[C@H](N)C(C)(C)C)c1. The van der Waals surface area contributed by atoms with Crippen LogP contribution in [0.2, 0.25) is 0 Å². The molecule has 3 N–H and O–H groups in total. The van der Waals surface area contributed by atoms with E-state index in [1.54, 1.807) is 14.2 Å². The Balaban J connectivity index is 2.93. The molecule has 0 fully saturated rings. The molecule has 0 heterocycles. The summed E-state index contributed by atoms with van der Waals surface area (Å²) in [6.45, 7) is 7.71. The van der Waals surface area contributed by atoms with E-state index in [1.165, 1.54) is 0 Å². The second-order valence-electron chi connectivity index (χ2n) is 6.18. The molecule has 21 heavy (non-hydrogen) atoms. The maximum atomic E-state index is 12.2. The van der Waals surface area contributed by atoms with Gasteiger partial charge >= 0.3 is 0 Å². The summed E-state index contributed by atoms with van der Waals surface area (Å²) >= 11 is 0. The van der Waals surface area contributed by atoms with Gasteiger partial charge in [0.15, 0.2) is 0 Å². The van der Waals surface area contributed by atoms with Crippen molar-refractivity contribution in [2.24, 2.45) is 11.1 Å². The molecule has 0 aromatic heterocycles. The Bertz CT molecular complexity index is 495. The van der Waals surface area contributed by atoms with E-state index in [0.29, 0.717) is 11.5 Å². The van der Waals surface area contributed by atoms with E-state index in [1.807, 2.05) is 45.9 Å². The standard InChI is InChI=1S/C16H26N2O3/c1-10(18-15(19)14(17)16(2,3)4)12-9-11(20-5)7-8-13(12)21-6/h7-10,14H,17H2,1-6H3,(H,18,19)/t10?,14-/m0/s1. The molecule has 1 amide bonds. The minimum atomic E-state index is -0.573. The van der Waals surface area contributed by atoms with Crippen LogP contribution in [0.5, 0.6) is 11.5 Å². The van der Waals surface area contributed by atoms with E-state index in [4.69, 9.17) is 15.2 Å². The van der Waals surface area contributed by atoms with Crippen molar-refractivity contribution in [3.05, 3.63) is 23.8 Å². The van der Waals surface area contributed by atoms with Crippen LogP contribution in [-0.2, 0) is 4.79 Å². The number of nitrogens with two attached hydrogens (primary N) is 1. The fraction of sp³-hybridized carbons (Fsp3) is 0.562. The second-order valence-corrected chi connectivity index (χ2v) is 6.18. The average molecular weight is 294 g/mol. The molecule has 5 heteroatoms. The second kappa shape index (κ2) is 6.80. The zero-order valence-electron chi connectivity index (χ0n) is 13.7. The largest absolute Gasteiger partial charge is 0.497 e. The number of rotatable bonds is 5. The number of benzene rings is 1. The Hall–Kier alpha value is -1.75. The van der Waals surface area contributed by atoms with Gasteiger partial charge in [-0.15, -0.1) is 0 Å². The average Bonchev–Trinajstić information content (AvgIpc) is 2.44. The third-order valence-corrected chi connectivity index (χ3v) is 3.48. The van der Waals surface area contributed by atoms with Crippen LogP contribution in [0.4, 0.5) is 0 Å². The molecule has 118 valence electrons. The summed E-state index contributed by atoms with van der Waals surface area (Å²) in [4.78, 5) is 12.2. The summed E-state index contributed by atoms with van der Waals surface area (Å²) in [5.41, 5.74) is 6.54. The smallest absolute Gasteiger partial charge is 0.237 e. The zero-order chi connectivity index (χ0) is 16.2. The van der Waals surface area contributed by atoms with E-state index < -0.39 is 6.04 Å². The first-order valence-electron chi connectivity index (χ1n) is 6.98. The molecular weight excluding hydrogens is 268 g/mol. The summed E-state index contributed by atoms with van der Waals surface area (Å²) in [5, 5.41) is 2.93. The van der Waals surface area contributed by atoms with Gasteiger partial charge in [-0.3, -0.25) is 4.79 Å². The van der Waals surface area contributed by atoms with Crippen LogP contribution < -0.4 is 20.5 Å². The number of carbonyl (C=O) groups excluding carboxylic acids is 1. The molecule has 1 aromatic carbocycles. The molecule has 0 radical (unpaired) electrons. The summed E-state index contributed by atoms with van der Waals surface area (Å²) in [6.07, 6.45) is 0. The molecule has 0 bridgehead atoms. The number of carbonyl (C=O) groups is 1. The first-order chi connectivity index (χ1) is 9.70. The van der Waals surface area contributed by atoms with Crippen LogP contribution in [-0.4, -0.2) is 26.2 Å². The Labute approximate surface area is 126 Å². The van der Waals surface area contributed by atoms with Gasteiger partial charge in [0.05, 0.1) is 26.3 Å². The van der Waals surface area contributed by atoms with E-state index in [9.17, 15) is 4.79 Å². The molecular formula is C16H26N2O3. The Morgan fingerprint density at radius 3 is 2.33 bits per heavy atom. The lowest BCUT2D eigenvalue weighted by Gasteiger charge is -2.28. The van der Waals surface area contributed by atoms with Crippen molar-refractivity contribution in [1.82, 2.24) is 5.32 Å². The molecule has 0 aliphatic carbocycles. The highest BCUT2D eigenvalue weighted by Crippen LogP contribution is 2.29. The van der Waals surface area contributed by atoms with E-state index >= 15 is 0 Å². The van der Waals surface area contributed by atoms with Gasteiger partial charge in [-0.05, 0) is 30.5 Å². The number of methoxy groups -OCH3 is 2. The van der Waals surface area contributed by atoms with E-state index in [2.05, 4.69) is 5.32 Å². The molecule has 0 saturated carbocycles. The number of amides is 1. The highest BCUT2D eigenvalue weighted by atomic mass is 16.5. The molecule has 1 unspecified atom stereocenters. The Morgan fingerprint density at radius 2 is 1.86 bits per heavy atom. The minimum Gasteiger partial charge on any atom is -0.497 e. The van der Waals surface area contributed by atoms with Crippen molar-refractivity contribution in [1.29, 1.82) is 0 Å². The number of ether oxygens (including phenoxy) is 2. The van der Waals surface area contributed by atoms with Gasteiger partial charge in [0.1, 0.15) is 11.5 Å². The van der Waals surface area contributed by atoms with Crippen molar-refractivity contribution < 1.29 is 14.3 Å². The van der Waals surface area contributed by atoms with Crippen molar-refractivity contribution in [3.8, 4) is 11.5 Å². The van der Waals surface area contributed by atoms with Crippen molar-refractivity contribution in [3.63, 3.8) is 0 Å². The van der Waals surface area contributed by atoms with Crippen LogP contribution >= 0.6 is 0 Å².